The molecular weight excluding hydrogens is 253 g/mol. The van der Waals surface area contributed by atoms with E-state index in [1.54, 1.807) is 4.90 Å². The maximum absolute atomic E-state index is 11.8. The molecule has 0 spiro atoms. The lowest BCUT2D eigenvalue weighted by atomic mass is 10.4. The Morgan fingerprint density at radius 3 is 2.38 bits per heavy atom. The van der Waals surface area contributed by atoms with Gasteiger partial charge in [0.15, 0.2) is 0 Å². The molecule has 0 amide bonds. The number of halogens is 2. The number of nitrogens with zero attached hydrogens (tertiary/aromatic N) is 2. The molecule has 90 valence electrons. The van der Waals surface area contributed by atoms with Crippen molar-refractivity contribution >= 4 is 28.9 Å². The molecule has 0 bridgehead atoms. The summed E-state index contributed by atoms with van der Waals surface area (Å²) >= 11 is 11.3. The second-order valence-electron chi connectivity index (χ2n) is 3.21. The van der Waals surface area contributed by atoms with Gasteiger partial charge < -0.3 is 9.88 Å². The highest BCUT2D eigenvalue weighted by molar-refractivity contribution is 6.18. The SMILES string of the molecule is Cn1c(=O)[nH]cc(N(CCCl)CCCl)c1=O. The summed E-state index contributed by atoms with van der Waals surface area (Å²) in [5, 5.41) is 0. The summed E-state index contributed by atoms with van der Waals surface area (Å²) in [5.41, 5.74) is -0.382. The maximum atomic E-state index is 11.8. The Morgan fingerprint density at radius 1 is 1.31 bits per heavy atom. The van der Waals surface area contributed by atoms with E-state index in [1.165, 1.54) is 13.2 Å². The quantitative estimate of drug-likeness (QED) is 0.783. The van der Waals surface area contributed by atoms with Crippen LogP contribution in [0.5, 0.6) is 0 Å². The fraction of sp³-hybridized carbons (Fsp3) is 0.556. The van der Waals surface area contributed by atoms with Gasteiger partial charge in [0.1, 0.15) is 5.69 Å². The second-order valence-corrected chi connectivity index (χ2v) is 3.96. The van der Waals surface area contributed by atoms with Gasteiger partial charge in [0.2, 0.25) is 0 Å². The van der Waals surface area contributed by atoms with Crippen LogP contribution in [-0.2, 0) is 7.05 Å². The molecule has 0 saturated carbocycles. The first-order chi connectivity index (χ1) is 7.61. The predicted octanol–water partition coefficient (Wildman–Crippen LogP) is 0.358. The molecule has 0 aliphatic heterocycles. The average molecular weight is 266 g/mol. The standard InChI is InChI=1S/C9H13Cl2N3O2/c1-13-8(15)7(6-12-9(13)16)14(4-2-10)5-3-11/h6H,2-5H2,1H3,(H,12,16). The molecule has 0 unspecified atom stereocenters. The van der Waals surface area contributed by atoms with E-state index in [2.05, 4.69) is 4.98 Å². The minimum atomic E-state index is -0.439. The number of H-pyrrole nitrogens is 1. The first-order valence-electron chi connectivity index (χ1n) is 4.77. The zero-order chi connectivity index (χ0) is 12.1. The zero-order valence-corrected chi connectivity index (χ0v) is 10.4. The van der Waals surface area contributed by atoms with Crippen molar-refractivity contribution in [3.05, 3.63) is 27.0 Å². The van der Waals surface area contributed by atoms with E-state index >= 15 is 0 Å². The normalized spacial score (nSPS) is 10.4. The van der Waals surface area contributed by atoms with Gasteiger partial charge in [-0.2, -0.15) is 0 Å². The van der Waals surface area contributed by atoms with Gasteiger partial charge in [-0.15, -0.1) is 23.2 Å². The van der Waals surface area contributed by atoms with Crippen LogP contribution in [0.15, 0.2) is 15.8 Å². The van der Waals surface area contributed by atoms with Crippen molar-refractivity contribution in [3.8, 4) is 0 Å². The Balaban J connectivity index is 3.14. The summed E-state index contributed by atoms with van der Waals surface area (Å²) in [6, 6.07) is 0. The van der Waals surface area contributed by atoms with Crippen LogP contribution < -0.4 is 16.1 Å². The van der Waals surface area contributed by atoms with Crippen molar-refractivity contribution in [2.45, 2.75) is 0 Å². The van der Waals surface area contributed by atoms with Crippen molar-refractivity contribution in [1.82, 2.24) is 9.55 Å². The van der Waals surface area contributed by atoms with Gasteiger partial charge in [0, 0.05) is 38.1 Å². The third-order valence-electron chi connectivity index (χ3n) is 2.21. The van der Waals surface area contributed by atoms with Crippen molar-refractivity contribution in [2.75, 3.05) is 29.7 Å². The molecule has 1 heterocycles. The second kappa shape index (κ2) is 5.96. The molecule has 1 aromatic heterocycles. The number of nitrogens with one attached hydrogen (secondary N) is 1. The van der Waals surface area contributed by atoms with Gasteiger partial charge in [-0.05, 0) is 0 Å². The summed E-state index contributed by atoms with van der Waals surface area (Å²) in [6.07, 6.45) is 1.39. The summed E-state index contributed by atoms with van der Waals surface area (Å²) in [7, 11) is 1.42. The largest absolute Gasteiger partial charge is 0.363 e. The maximum Gasteiger partial charge on any atom is 0.328 e. The highest BCUT2D eigenvalue weighted by Crippen LogP contribution is 2.05. The first kappa shape index (κ1) is 13.1. The molecule has 5 nitrogen and oxygen atoms in total. The molecule has 0 aromatic carbocycles. The van der Waals surface area contributed by atoms with E-state index < -0.39 is 5.69 Å². The fourth-order valence-corrected chi connectivity index (χ4v) is 1.74. The van der Waals surface area contributed by atoms with Gasteiger partial charge in [0.05, 0.1) is 0 Å². The third-order valence-corrected chi connectivity index (χ3v) is 2.55. The van der Waals surface area contributed by atoms with Crippen molar-refractivity contribution < 1.29 is 0 Å². The lowest BCUT2D eigenvalue weighted by molar-refractivity contribution is 0.753. The van der Waals surface area contributed by atoms with Gasteiger partial charge in [-0.3, -0.25) is 9.36 Å². The number of hydrogen-bond donors (Lipinski definition) is 1. The molecule has 7 heteroatoms. The number of alkyl halides is 2. The summed E-state index contributed by atoms with van der Waals surface area (Å²) in [4.78, 5) is 27.2. The minimum absolute atomic E-state index is 0.348. The van der Waals surface area contributed by atoms with Crippen molar-refractivity contribution in [1.29, 1.82) is 0 Å². The number of aromatic nitrogens is 2. The Bertz CT molecular complexity index is 449. The average Bonchev–Trinajstić information content (AvgIpc) is 2.26. The monoisotopic (exact) mass is 265 g/mol. The lowest BCUT2D eigenvalue weighted by Gasteiger charge is -2.21. The van der Waals surface area contributed by atoms with Crippen LogP contribution in [0.2, 0.25) is 0 Å². The molecule has 0 radical (unpaired) electrons. The third kappa shape index (κ3) is 2.80. The molecular formula is C9H13Cl2N3O2. The smallest absolute Gasteiger partial charge is 0.328 e. The van der Waals surface area contributed by atoms with Gasteiger partial charge in [-0.1, -0.05) is 0 Å². The molecule has 0 aliphatic carbocycles. The van der Waals surface area contributed by atoms with E-state index in [4.69, 9.17) is 23.2 Å². The van der Waals surface area contributed by atoms with Crippen LogP contribution in [0, 0.1) is 0 Å². The molecule has 1 N–H and O–H groups in total. The molecule has 0 atom stereocenters. The molecule has 1 aromatic rings. The molecule has 16 heavy (non-hydrogen) atoms. The van der Waals surface area contributed by atoms with Crippen LogP contribution >= 0.6 is 23.2 Å². The number of aromatic amines is 1. The Hall–Kier alpha value is -0.940. The van der Waals surface area contributed by atoms with Crippen LogP contribution in [-0.4, -0.2) is 34.4 Å². The molecule has 0 fully saturated rings. The van der Waals surface area contributed by atoms with Crippen LogP contribution in [0.4, 0.5) is 5.69 Å². The molecule has 1 rings (SSSR count). The number of rotatable bonds is 5. The van der Waals surface area contributed by atoms with Gasteiger partial charge in [-0.25, -0.2) is 4.79 Å². The summed E-state index contributed by atoms with van der Waals surface area (Å²) in [5.74, 6) is 0.776. The van der Waals surface area contributed by atoms with Gasteiger partial charge in [0.25, 0.3) is 5.56 Å². The minimum Gasteiger partial charge on any atom is -0.363 e. The van der Waals surface area contributed by atoms with Crippen LogP contribution in [0.1, 0.15) is 0 Å². The van der Waals surface area contributed by atoms with E-state index in [0.29, 0.717) is 30.5 Å². The summed E-state index contributed by atoms with van der Waals surface area (Å²) < 4.78 is 1.02. The topological polar surface area (TPSA) is 58.1 Å². The van der Waals surface area contributed by atoms with Crippen LogP contribution in [0.25, 0.3) is 0 Å². The van der Waals surface area contributed by atoms with Gasteiger partial charge >= 0.3 is 5.69 Å². The Labute approximate surface area is 103 Å². The van der Waals surface area contributed by atoms with Crippen molar-refractivity contribution in [2.24, 2.45) is 7.05 Å². The van der Waals surface area contributed by atoms with E-state index in [1.807, 2.05) is 0 Å². The highest BCUT2D eigenvalue weighted by atomic mass is 35.5. The first-order valence-corrected chi connectivity index (χ1v) is 5.84. The van der Waals surface area contributed by atoms with E-state index in [9.17, 15) is 9.59 Å². The summed E-state index contributed by atoms with van der Waals surface area (Å²) in [6.45, 7) is 1.02. The lowest BCUT2D eigenvalue weighted by Crippen LogP contribution is -2.39. The Morgan fingerprint density at radius 2 is 1.88 bits per heavy atom. The fourth-order valence-electron chi connectivity index (χ4n) is 1.34. The Kier molecular flexibility index (Phi) is 4.89. The predicted molar refractivity (Wildman–Crippen MR) is 66.0 cm³/mol. The molecule has 0 saturated heterocycles. The number of anilines is 1. The van der Waals surface area contributed by atoms with E-state index in [-0.39, 0.29) is 5.56 Å². The van der Waals surface area contributed by atoms with Crippen LogP contribution in [0.3, 0.4) is 0 Å². The zero-order valence-electron chi connectivity index (χ0n) is 8.87. The number of hydrogen-bond acceptors (Lipinski definition) is 3. The van der Waals surface area contributed by atoms with Crippen molar-refractivity contribution in [3.63, 3.8) is 0 Å². The molecule has 0 aliphatic rings. The van der Waals surface area contributed by atoms with E-state index in [0.717, 1.165) is 4.57 Å². The highest BCUT2D eigenvalue weighted by Gasteiger charge is 2.11.